The molecule has 1 aliphatic rings. The van der Waals surface area contributed by atoms with Crippen molar-refractivity contribution in [3.63, 3.8) is 0 Å². The van der Waals surface area contributed by atoms with E-state index in [0.717, 1.165) is 32.1 Å². The van der Waals surface area contributed by atoms with E-state index in [-0.39, 0.29) is 25.4 Å². The van der Waals surface area contributed by atoms with E-state index in [4.69, 9.17) is 21.3 Å². The van der Waals surface area contributed by atoms with Crippen molar-refractivity contribution >= 4 is 40.6 Å². The van der Waals surface area contributed by atoms with Crippen molar-refractivity contribution < 1.29 is 14.3 Å². The SMILES string of the molecule is Cc1c(C#Cc2cnn(C)c2)sc2c1C(c1ccc(Cl)cc1)=N[C@@H](CC(=O)NCCNC(=O)OC(C)(C)C)c1nnc(C)n1-2. The zero-order valence-electron chi connectivity index (χ0n) is 25.4. The quantitative estimate of drug-likeness (QED) is 0.235. The molecular formula is C31H33ClN8O3S. The van der Waals surface area contributed by atoms with Crippen molar-refractivity contribution in [3.8, 4) is 16.8 Å². The molecule has 4 heterocycles. The zero-order valence-corrected chi connectivity index (χ0v) is 26.9. The molecular weight excluding hydrogens is 600 g/mol. The molecule has 0 spiro atoms. The molecule has 5 rings (SSSR count). The van der Waals surface area contributed by atoms with Crippen LogP contribution in [-0.2, 0) is 16.6 Å². The number of thiophene rings is 1. The molecule has 1 atom stereocenters. The van der Waals surface area contributed by atoms with Gasteiger partial charge >= 0.3 is 6.09 Å². The average molecular weight is 633 g/mol. The molecule has 4 aromatic rings. The Balaban J connectivity index is 1.47. The number of carbonyl (C=O) groups excluding carboxylic acids is 2. The summed E-state index contributed by atoms with van der Waals surface area (Å²) in [6.07, 6.45) is 3.09. The van der Waals surface area contributed by atoms with Gasteiger partial charge in [0.25, 0.3) is 0 Å². The molecule has 11 nitrogen and oxygen atoms in total. The fourth-order valence-corrected chi connectivity index (χ4v) is 6.03. The highest BCUT2D eigenvalue weighted by atomic mass is 35.5. The van der Waals surface area contributed by atoms with Crippen LogP contribution in [0.3, 0.4) is 0 Å². The highest BCUT2D eigenvalue weighted by molar-refractivity contribution is 7.15. The normalized spacial score (nSPS) is 14.0. The number of nitrogens with one attached hydrogen (secondary N) is 2. The Labute approximate surface area is 264 Å². The standard InChI is InChI=1S/C31H33ClN8O3S/c1-18-24(12-7-20-16-35-39(6)17-20)44-29-26(18)27(21-8-10-22(32)11-9-21)36-23(28-38-37-19(2)40(28)29)15-25(41)33-13-14-34-30(42)43-31(3,4)5/h8-11,16-17,23H,13-15H2,1-6H3,(H,33,41)(H,34,42)/t23-/m0/s1. The van der Waals surface area contributed by atoms with E-state index in [2.05, 4.69) is 37.8 Å². The van der Waals surface area contributed by atoms with Crippen molar-refractivity contribution in [1.82, 2.24) is 35.2 Å². The molecule has 1 aliphatic heterocycles. The van der Waals surface area contributed by atoms with Crippen molar-refractivity contribution in [2.45, 2.75) is 52.7 Å². The number of benzene rings is 1. The van der Waals surface area contributed by atoms with Gasteiger partial charge in [0.1, 0.15) is 22.5 Å². The number of nitrogens with zero attached hydrogens (tertiary/aromatic N) is 6. The summed E-state index contributed by atoms with van der Waals surface area (Å²) < 4.78 is 8.93. The number of hydrogen-bond donors (Lipinski definition) is 2. The highest BCUT2D eigenvalue weighted by Crippen LogP contribution is 2.39. The molecule has 44 heavy (non-hydrogen) atoms. The lowest BCUT2D eigenvalue weighted by molar-refractivity contribution is -0.121. The number of rotatable bonds is 6. The first-order chi connectivity index (χ1) is 20.9. The molecule has 3 aromatic heterocycles. The van der Waals surface area contributed by atoms with Gasteiger partial charge in [-0.2, -0.15) is 5.10 Å². The van der Waals surface area contributed by atoms with E-state index in [0.29, 0.717) is 22.4 Å². The fourth-order valence-electron chi connectivity index (χ4n) is 4.68. The summed E-state index contributed by atoms with van der Waals surface area (Å²) in [5.41, 5.74) is 3.65. The Morgan fingerprint density at radius 2 is 1.82 bits per heavy atom. The van der Waals surface area contributed by atoms with Crippen molar-refractivity contribution in [3.05, 3.63) is 80.5 Å². The van der Waals surface area contributed by atoms with Crippen molar-refractivity contribution in [1.29, 1.82) is 0 Å². The van der Waals surface area contributed by atoms with E-state index < -0.39 is 17.7 Å². The minimum absolute atomic E-state index is 0.0311. The molecule has 0 bridgehead atoms. The summed E-state index contributed by atoms with van der Waals surface area (Å²) in [7, 11) is 1.85. The van der Waals surface area contributed by atoms with Crippen molar-refractivity contribution in [2.75, 3.05) is 13.1 Å². The van der Waals surface area contributed by atoms with Gasteiger partial charge in [-0.15, -0.1) is 21.5 Å². The minimum atomic E-state index is -0.621. The van der Waals surface area contributed by atoms with Crippen LogP contribution in [-0.4, -0.2) is 60.9 Å². The smallest absolute Gasteiger partial charge is 0.407 e. The number of halogens is 1. The Morgan fingerprint density at radius 3 is 2.50 bits per heavy atom. The van der Waals surface area contributed by atoms with Crippen LogP contribution in [0.1, 0.15) is 72.0 Å². The van der Waals surface area contributed by atoms with Crippen LogP contribution < -0.4 is 10.6 Å². The number of aromatic nitrogens is 5. The average Bonchev–Trinajstić information content (AvgIpc) is 3.61. The maximum atomic E-state index is 13.1. The summed E-state index contributed by atoms with van der Waals surface area (Å²) in [5.74, 6) is 7.52. The van der Waals surface area contributed by atoms with Gasteiger partial charge in [-0.25, -0.2) is 4.79 Å². The first kappa shape index (κ1) is 31.0. The molecule has 0 aliphatic carbocycles. The largest absolute Gasteiger partial charge is 0.444 e. The number of aryl methyl sites for hydroxylation is 2. The van der Waals surface area contributed by atoms with Gasteiger partial charge in [0.15, 0.2) is 5.82 Å². The second kappa shape index (κ2) is 12.6. The predicted molar refractivity (Wildman–Crippen MR) is 170 cm³/mol. The second-order valence-electron chi connectivity index (χ2n) is 11.3. The van der Waals surface area contributed by atoms with Crippen LogP contribution >= 0.6 is 22.9 Å². The molecule has 228 valence electrons. The van der Waals surface area contributed by atoms with Crippen LogP contribution in [0.2, 0.25) is 5.02 Å². The third-order valence-corrected chi connectivity index (χ3v) is 8.08. The molecule has 2 N–H and O–H groups in total. The maximum Gasteiger partial charge on any atom is 0.407 e. The van der Waals surface area contributed by atoms with Gasteiger partial charge in [0.05, 0.1) is 28.8 Å². The van der Waals surface area contributed by atoms with Crippen LogP contribution in [0.25, 0.3) is 5.00 Å². The molecule has 1 aromatic carbocycles. The Bertz CT molecular complexity index is 1800. The summed E-state index contributed by atoms with van der Waals surface area (Å²) >= 11 is 7.76. The first-order valence-electron chi connectivity index (χ1n) is 14.0. The number of carbonyl (C=O) groups is 2. The van der Waals surface area contributed by atoms with E-state index in [9.17, 15) is 9.59 Å². The first-order valence-corrected chi connectivity index (χ1v) is 15.2. The number of ether oxygens (including phenoxy) is 1. The van der Waals surface area contributed by atoms with Crippen LogP contribution in [0.15, 0.2) is 41.7 Å². The van der Waals surface area contributed by atoms with Crippen LogP contribution in [0.5, 0.6) is 0 Å². The number of hydrogen-bond acceptors (Lipinski definition) is 8. The number of amides is 2. The summed E-state index contributed by atoms with van der Waals surface area (Å²) in [6.45, 7) is 9.72. The zero-order chi connectivity index (χ0) is 31.6. The lowest BCUT2D eigenvalue weighted by atomic mass is 9.99. The van der Waals surface area contributed by atoms with E-state index >= 15 is 0 Å². The number of fused-ring (bicyclic) bond motifs is 3. The third kappa shape index (κ3) is 7.01. The molecule has 2 amide bonds. The van der Waals surface area contributed by atoms with Gasteiger partial charge in [-0.05, 0) is 52.3 Å². The number of aliphatic imine (C=N–C) groups is 1. The molecule has 0 unspecified atom stereocenters. The Morgan fingerprint density at radius 1 is 1.09 bits per heavy atom. The molecule has 0 fully saturated rings. The Hall–Kier alpha value is -4.47. The minimum Gasteiger partial charge on any atom is -0.444 e. The Kier molecular flexibility index (Phi) is 8.90. The topological polar surface area (TPSA) is 128 Å². The third-order valence-electron chi connectivity index (χ3n) is 6.64. The molecule has 13 heteroatoms. The maximum absolute atomic E-state index is 13.1. The lowest BCUT2D eigenvalue weighted by Gasteiger charge is -2.19. The summed E-state index contributed by atoms with van der Waals surface area (Å²) in [4.78, 5) is 31.1. The van der Waals surface area contributed by atoms with Gasteiger partial charge in [0, 0.05) is 42.5 Å². The van der Waals surface area contributed by atoms with Crippen LogP contribution in [0, 0.1) is 25.7 Å². The van der Waals surface area contributed by atoms with Gasteiger partial charge in [-0.3, -0.25) is 19.0 Å². The monoisotopic (exact) mass is 632 g/mol. The molecule has 0 saturated carbocycles. The van der Waals surface area contributed by atoms with E-state index in [1.807, 2.05) is 55.9 Å². The number of alkyl carbamates (subject to hydrolysis) is 1. The van der Waals surface area contributed by atoms with Crippen molar-refractivity contribution in [2.24, 2.45) is 12.0 Å². The molecule has 0 radical (unpaired) electrons. The summed E-state index contributed by atoms with van der Waals surface area (Å²) in [5, 5.41) is 20.0. The predicted octanol–water partition coefficient (Wildman–Crippen LogP) is 4.66. The van der Waals surface area contributed by atoms with E-state index in [1.165, 1.54) is 11.3 Å². The molecule has 0 saturated heterocycles. The van der Waals surface area contributed by atoms with Gasteiger partial charge < -0.3 is 15.4 Å². The second-order valence-corrected chi connectivity index (χ2v) is 12.7. The van der Waals surface area contributed by atoms with Crippen LogP contribution in [0.4, 0.5) is 4.79 Å². The highest BCUT2D eigenvalue weighted by Gasteiger charge is 2.32. The lowest BCUT2D eigenvalue weighted by Crippen LogP contribution is -2.38. The van der Waals surface area contributed by atoms with Gasteiger partial charge in [0.2, 0.25) is 5.91 Å². The van der Waals surface area contributed by atoms with E-state index in [1.54, 1.807) is 31.6 Å². The van der Waals surface area contributed by atoms with Gasteiger partial charge in [-0.1, -0.05) is 35.6 Å². The summed E-state index contributed by atoms with van der Waals surface area (Å²) in [6, 6.07) is 6.85. The fraction of sp³-hybridized carbons (Fsp3) is 0.355.